The number of hydrogen-bond acceptors (Lipinski definition) is 3. The Labute approximate surface area is 209 Å². The Morgan fingerprint density at radius 1 is 0.667 bits per heavy atom. The molecule has 4 aromatic rings. The lowest BCUT2D eigenvalue weighted by Gasteiger charge is -1.96. The van der Waals surface area contributed by atoms with Crippen molar-refractivity contribution < 1.29 is 0 Å². The quantitative estimate of drug-likeness (QED) is 0.263. The highest BCUT2D eigenvalue weighted by molar-refractivity contribution is 5.87. The molecule has 0 bridgehead atoms. The highest BCUT2D eigenvalue weighted by atomic mass is 15.1. The van der Waals surface area contributed by atoms with Gasteiger partial charge in [-0.25, -0.2) is 0 Å². The summed E-state index contributed by atoms with van der Waals surface area (Å²) in [4.78, 5) is 4.63. The second kappa shape index (κ2) is 8.96. The standard InChI is InChI=1S/C31H23N5/c1-3-22-20-35-17-7-5-9-30(35)25(22)13-11-24-12-14-27-28(33-34-29(27)19-32-24)16-15-26-23(4-2)21-36-18-8-6-10-31(26)36/h3-21H,1-2H2/b13-11+,16-15+. The smallest absolute Gasteiger partial charge is 0.113 e. The van der Waals surface area contributed by atoms with Crippen LogP contribution in [0.1, 0.15) is 33.6 Å². The van der Waals surface area contributed by atoms with E-state index in [1.165, 1.54) is 0 Å². The lowest BCUT2D eigenvalue weighted by atomic mass is 10.1. The van der Waals surface area contributed by atoms with Crippen molar-refractivity contribution in [1.82, 2.24) is 24.0 Å². The number of fused-ring (bicyclic) bond motifs is 3. The van der Waals surface area contributed by atoms with Crippen LogP contribution < -0.4 is 0 Å². The number of pyridine rings is 2. The van der Waals surface area contributed by atoms with E-state index in [1.54, 1.807) is 6.20 Å². The molecule has 0 spiro atoms. The topological polar surface area (TPSA) is 47.5 Å². The Morgan fingerprint density at radius 3 is 1.94 bits per heavy atom. The van der Waals surface area contributed by atoms with Crippen molar-refractivity contribution in [2.24, 2.45) is 0 Å². The van der Waals surface area contributed by atoms with Gasteiger partial charge in [0.05, 0.1) is 28.6 Å². The molecule has 5 nitrogen and oxygen atoms in total. The second-order valence-corrected chi connectivity index (χ2v) is 8.46. The summed E-state index contributed by atoms with van der Waals surface area (Å²) >= 11 is 0. The maximum absolute atomic E-state index is 4.63. The van der Waals surface area contributed by atoms with E-state index < -0.39 is 0 Å². The maximum Gasteiger partial charge on any atom is 0.113 e. The summed E-state index contributed by atoms with van der Waals surface area (Å²) in [7, 11) is 0. The molecule has 172 valence electrons. The van der Waals surface area contributed by atoms with Gasteiger partial charge in [0.2, 0.25) is 0 Å². The monoisotopic (exact) mass is 465 g/mol. The first-order chi connectivity index (χ1) is 17.7. The zero-order valence-corrected chi connectivity index (χ0v) is 19.6. The van der Waals surface area contributed by atoms with Crippen molar-refractivity contribution in [3.05, 3.63) is 126 Å². The SMILES string of the molecule is C=Cc1cn2ccccc2c1/C=C/c1ccc2c(/C=C/c3c(C=C)cn4ccccc34)nnc-2cn1. The third-order valence-electron chi connectivity index (χ3n) is 6.35. The van der Waals surface area contributed by atoms with Gasteiger partial charge < -0.3 is 8.80 Å². The number of aromatic nitrogens is 5. The average Bonchev–Trinajstić information content (AvgIpc) is 3.55. The summed E-state index contributed by atoms with van der Waals surface area (Å²) in [5, 5.41) is 8.74. The van der Waals surface area contributed by atoms with Gasteiger partial charge in [-0.15, -0.1) is 10.2 Å². The maximum atomic E-state index is 4.63. The zero-order valence-electron chi connectivity index (χ0n) is 19.6. The van der Waals surface area contributed by atoms with Crippen LogP contribution in [0.4, 0.5) is 0 Å². The molecule has 0 fully saturated rings. The largest absolute Gasteiger partial charge is 0.323 e. The Bertz CT molecular complexity index is 1780. The highest BCUT2D eigenvalue weighted by Crippen LogP contribution is 2.27. The first kappa shape index (κ1) is 21.5. The summed E-state index contributed by atoms with van der Waals surface area (Å²) < 4.78 is 4.20. The third-order valence-corrected chi connectivity index (χ3v) is 6.35. The third kappa shape index (κ3) is 3.73. The lowest BCUT2D eigenvalue weighted by Crippen LogP contribution is -1.80. The van der Waals surface area contributed by atoms with Gasteiger partial charge in [-0.05, 0) is 65.8 Å². The van der Waals surface area contributed by atoms with E-state index in [2.05, 4.69) is 73.8 Å². The van der Waals surface area contributed by atoms with Gasteiger partial charge in [0, 0.05) is 41.5 Å². The fourth-order valence-corrected chi connectivity index (χ4v) is 4.53. The molecule has 5 heteroatoms. The first-order valence-electron chi connectivity index (χ1n) is 11.7. The minimum Gasteiger partial charge on any atom is -0.323 e. The Morgan fingerprint density at radius 2 is 1.31 bits per heavy atom. The molecule has 0 unspecified atom stereocenters. The molecule has 36 heavy (non-hydrogen) atoms. The Balaban J connectivity index is 1.34. The Hall–Kier alpha value is -5.03. The van der Waals surface area contributed by atoms with Crippen LogP contribution in [0.2, 0.25) is 0 Å². The van der Waals surface area contributed by atoms with Gasteiger partial charge >= 0.3 is 0 Å². The molecule has 6 heterocycles. The van der Waals surface area contributed by atoms with Crippen LogP contribution in [0.5, 0.6) is 0 Å². The van der Waals surface area contributed by atoms with Crippen molar-refractivity contribution in [1.29, 1.82) is 0 Å². The lowest BCUT2D eigenvalue weighted by molar-refractivity contribution is 1.08. The summed E-state index contributed by atoms with van der Waals surface area (Å²) in [6.07, 6.45) is 21.9. The predicted molar refractivity (Wildman–Crippen MR) is 149 cm³/mol. The average molecular weight is 466 g/mol. The minimum absolute atomic E-state index is 0.751. The fraction of sp³-hybridized carbons (Fsp3) is 0. The van der Waals surface area contributed by atoms with Crippen LogP contribution in [-0.4, -0.2) is 24.0 Å². The molecule has 2 aliphatic rings. The number of hydrogen-bond donors (Lipinski definition) is 0. The van der Waals surface area contributed by atoms with Gasteiger partial charge in [0.15, 0.2) is 0 Å². The van der Waals surface area contributed by atoms with Crippen molar-refractivity contribution in [2.75, 3.05) is 0 Å². The van der Waals surface area contributed by atoms with Gasteiger partial charge in [-0.1, -0.05) is 43.5 Å². The summed E-state index contributed by atoms with van der Waals surface area (Å²) in [5.74, 6) is 0. The van der Waals surface area contributed by atoms with E-state index in [-0.39, 0.29) is 0 Å². The summed E-state index contributed by atoms with van der Waals surface area (Å²) in [6, 6.07) is 16.3. The van der Waals surface area contributed by atoms with Crippen LogP contribution in [0.3, 0.4) is 0 Å². The van der Waals surface area contributed by atoms with Crippen LogP contribution in [0.15, 0.2) is 92.7 Å². The van der Waals surface area contributed by atoms with Crippen LogP contribution in [0.25, 0.3) is 58.7 Å². The minimum atomic E-state index is 0.751. The van der Waals surface area contributed by atoms with Gasteiger partial charge in [0.1, 0.15) is 5.69 Å². The second-order valence-electron chi connectivity index (χ2n) is 8.46. The van der Waals surface area contributed by atoms with E-state index in [0.717, 1.165) is 55.9 Å². The Kier molecular flexibility index (Phi) is 5.35. The predicted octanol–water partition coefficient (Wildman–Crippen LogP) is 7.11. The molecule has 0 radical (unpaired) electrons. The molecule has 0 amide bonds. The van der Waals surface area contributed by atoms with Crippen LogP contribution in [-0.2, 0) is 0 Å². The van der Waals surface area contributed by atoms with E-state index in [0.29, 0.717) is 0 Å². The fourth-order valence-electron chi connectivity index (χ4n) is 4.53. The van der Waals surface area contributed by atoms with Crippen molar-refractivity contribution in [2.45, 2.75) is 0 Å². The van der Waals surface area contributed by atoms with Gasteiger partial charge in [0.25, 0.3) is 0 Å². The zero-order chi connectivity index (χ0) is 24.5. The molecule has 4 aromatic heterocycles. The highest BCUT2D eigenvalue weighted by Gasteiger charge is 2.12. The normalized spacial score (nSPS) is 11.9. The van der Waals surface area contributed by atoms with Crippen molar-refractivity contribution in [3.63, 3.8) is 0 Å². The van der Waals surface area contributed by atoms with Crippen molar-refractivity contribution >= 4 is 47.5 Å². The van der Waals surface area contributed by atoms with E-state index in [4.69, 9.17) is 0 Å². The number of rotatable bonds is 6. The molecule has 0 atom stereocenters. The van der Waals surface area contributed by atoms with E-state index in [9.17, 15) is 0 Å². The van der Waals surface area contributed by atoms with Crippen LogP contribution in [0, 0.1) is 0 Å². The molecule has 6 rings (SSSR count). The molecular formula is C31H23N5. The van der Waals surface area contributed by atoms with Crippen molar-refractivity contribution in [3.8, 4) is 11.3 Å². The molecule has 0 aliphatic carbocycles. The number of nitrogens with zero attached hydrogens (tertiary/aromatic N) is 5. The molecule has 0 saturated carbocycles. The molecule has 0 aromatic carbocycles. The van der Waals surface area contributed by atoms with E-state index in [1.807, 2.05) is 73.1 Å². The summed E-state index contributed by atoms with van der Waals surface area (Å²) in [5.41, 5.74) is 9.92. The molecule has 0 saturated heterocycles. The molecule has 2 aliphatic heterocycles. The van der Waals surface area contributed by atoms with Crippen LogP contribution >= 0.6 is 0 Å². The van der Waals surface area contributed by atoms with E-state index >= 15 is 0 Å². The molecular weight excluding hydrogens is 442 g/mol. The first-order valence-corrected chi connectivity index (χ1v) is 11.7. The van der Waals surface area contributed by atoms with Gasteiger partial charge in [-0.3, -0.25) is 4.98 Å². The summed E-state index contributed by atoms with van der Waals surface area (Å²) in [6.45, 7) is 7.93. The molecule has 0 N–H and O–H groups in total. The van der Waals surface area contributed by atoms with Gasteiger partial charge in [-0.2, -0.15) is 0 Å².